The molecule has 4 rings (SSSR count). The molecule has 0 spiro atoms. The summed E-state index contributed by atoms with van der Waals surface area (Å²) in [5, 5.41) is 12.1. The van der Waals surface area contributed by atoms with Crippen molar-refractivity contribution in [2.75, 3.05) is 5.32 Å². The minimum atomic E-state index is -0.473. The van der Waals surface area contributed by atoms with E-state index in [2.05, 4.69) is 31.2 Å². The van der Waals surface area contributed by atoms with Gasteiger partial charge in [0.1, 0.15) is 29.8 Å². The number of anilines is 1. The van der Waals surface area contributed by atoms with Gasteiger partial charge in [0.15, 0.2) is 0 Å². The summed E-state index contributed by atoms with van der Waals surface area (Å²) in [6.45, 7) is 0.307. The minimum Gasteiger partial charge on any atom is -0.486 e. The topological polar surface area (TPSA) is 90.8 Å². The third-order valence-electron chi connectivity index (χ3n) is 4.49. The Morgan fingerprint density at radius 2 is 1.84 bits per heavy atom. The molecule has 1 amide bonds. The van der Waals surface area contributed by atoms with Crippen molar-refractivity contribution in [3.8, 4) is 11.8 Å². The molecule has 0 fully saturated rings. The van der Waals surface area contributed by atoms with Crippen LogP contribution in [0.3, 0.4) is 0 Å². The van der Waals surface area contributed by atoms with Crippen LogP contribution < -0.4 is 10.1 Å². The molecule has 0 radical (unpaired) electrons. The number of aromatic nitrogens is 2. The zero-order valence-corrected chi connectivity index (χ0v) is 17.9. The molecule has 4 aromatic rings. The average Bonchev–Trinajstić information content (AvgIpc) is 3.21. The zero-order valence-electron chi connectivity index (χ0n) is 16.3. The van der Waals surface area contributed by atoms with Gasteiger partial charge in [-0.3, -0.25) is 4.79 Å². The first-order chi connectivity index (χ1) is 15.1. The highest BCUT2D eigenvalue weighted by Crippen LogP contribution is 2.22. The van der Waals surface area contributed by atoms with E-state index >= 15 is 0 Å². The van der Waals surface area contributed by atoms with Crippen molar-refractivity contribution in [2.45, 2.75) is 6.61 Å². The molecule has 152 valence electrons. The van der Waals surface area contributed by atoms with Crippen LogP contribution in [0.5, 0.6) is 5.75 Å². The Kier molecular flexibility index (Phi) is 6.11. The van der Waals surface area contributed by atoms with E-state index < -0.39 is 5.91 Å². The Morgan fingerprint density at radius 3 is 2.58 bits per heavy atom. The van der Waals surface area contributed by atoms with Crippen LogP contribution in [0.15, 0.2) is 82.8 Å². The summed E-state index contributed by atoms with van der Waals surface area (Å²) >= 11 is 3.37. The summed E-state index contributed by atoms with van der Waals surface area (Å²) in [5.74, 6) is 0.925. The smallest absolute Gasteiger partial charge is 0.266 e. The molecule has 1 aromatic heterocycles. The van der Waals surface area contributed by atoms with E-state index in [1.165, 1.54) is 6.08 Å². The van der Waals surface area contributed by atoms with Crippen LogP contribution in [0.2, 0.25) is 0 Å². The van der Waals surface area contributed by atoms with E-state index in [4.69, 9.17) is 4.74 Å². The van der Waals surface area contributed by atoms with E-state index in [9.17, 15) is 10.1 Å². The summed E-state index contributed by atoms with van der Waals surface area (Å²) in [6, 6.07) is 24.1. The number of aromatic amines is 1. The number of hydrogen-bond donors (Lipinski definition) is 2. The van der Waals surface area contributed by atoms with Crippen LogP contribution in [0, 0.1) is 11.3 Å². The van der Waals surface area contributed by atoms with Gasteiger partial charge in [0.05, 0.1) is 16.7 Å². The van der Waals surface area contributed by atoms with Crippen molar-refractivity contribution in [3.63, 3.8) is 0 Å². The fourth-order valence-corrected chi connectivity index (χ4v) is 3.34. The monoisotopic (exact) mass is 472 g/mol. The first-order valence-electron chi connectivity index (χ1n) is 9.46. The summed E-state index contributed by atoms with van der Waals surface area (Å²) in [6.07, 6.45) is 1.54. The third-order valence-corrected chi connectivity index (χ3v) is 5.18. The zero-order chi connectivity index (χ0) is 21.6. The third kappa shape index (κ3) is 5.00. The molecular weight excluding hydrogens is 456 g/mol. The lowest BCUT2D eigenvalue weighted by Gasteiger charge is -2.07. The number of fused-ring (bicyclic) bond motifs is 1. The number of rotatable bonds is 6. The Bertz CT molecular complexity index is 1270. The summed E-state index contributed by atoms with van der Waals surface area (Å²) in [4.78, 5) is 20.1. The maximum atomic E-state index is 12.4. The van der Waals surface area contributed by atoms with E-state index in [-0.39, 0.29) is 5.57 Å². The van der Waals surface area contributed by atoms with Crippen molar-refractivity contribution in [1.29, 1.82) is 5.26 Å². The second-order valence-corrected chi connectivity index (χ2v) is 7.52. The molecule has 0 atom stereocenters. The number of halogens is 1. The number of carbonyl (C=O) groups is 1. The molecular formula is C24H17BrN4O2. The van der Waals surface area contributed by atoms with Gasteiger partial charge in [-0.05, 0) is 64.0 Å². The molecule has 7 heteroatoms. The van der Waals surface area contributed by atoms with Gasteiger partial charge in [-0.15, -0.1) is 0 Å². The Hall–Kier alpha value is -3.89. The van der Waals surface area contributed by atoms with Gasteiger partial charge >= 0.3 is 0 Å². The molecule has 1 heterocycles. The normalized spacial score (nSPS) is 11.2. The fourth-order valence-electron chi connectivity index (χ4n) is 2.95. The van der Waals surface area contributed by atoms with Crippen molar-refractivity contribution >= 4 is 44.6 Å². The number of imidazole rings is 1. The maximum absolute atomic E-state index is 12.4. The number of hydrogen-bond acceptors (Lipinski definition) is 4. The Balaban J connectivity index is 1.41. The molecule has 6 nitrogen and oxygen atoms in total. The van der Waals surface area contributed by atoms with Gasteiger partial charge in [-0.1, -0.05) is 36.4 Å². The molecule has 0 aliphatic carbocycles. The number of nitrogens with zero attached hydrogens (tertiary/aromatic N) is 2. The summed E-state index contributed by atoms with van der Waals surface area (Å²) in [7, 11) is 0. The number of para-hydroxylation sites is 3. The first-order valence-corrected chi connectivity index (χ1v) is 10.3. The van der Waals surface area contributed by atoms with E-state index in [1.807, 2.05) is 42.5 Å². The van der Waals surface area contributed by atoms with Crippen LogP contribution in [0.25, 0.3) is 17.1 Å². The van der Waals surface area contributed by atoms with Gasteiger partial charge in [0, 0.05) is 4.47 Å². The first kappa shape index (κ1) is 20.4. The average molecular weight is 473 g/mol. The van der Waals surface area contributed by atoms with E-state index in [1.54, 1.807) is 36.4 Å². The number of amides is 1. The quantitative estimate of drug-likeness (QED) is 0.288. The number of nitriles is 1. The maximum Gasteiger partial charge on any atom is 0.266 e. The SMILES string of the molecule is N#C/C(=C\c1ccc(OCc2nc3ccccc3[nH]2)cc1)C(=O)Nc1ccccc1Br. The summed E-state index contributed by atoms with van der Waals surface area (Å²) < 4.78 is 6.53. The minimum absolute atomic E-state index is 0.00620. The highest BCUT2D eigenvalue weighted by atomic mass is 79.9. The molecule has 0 aliphatic heterocycles. The van der Waals surface area contributed by atoms with Gasteiger partial charge in [0.2, 0.25) is 0 Å². The second-order valence-electron chi connectivity index (χ2n) is 6.66. The fraction of sp³-hybridized carbons (Fsp3) is 0.0417. The van der Waals surface area contributed by atoms with Gasteiger partial charge < -0.3 is 15.0 Å². The molecule has 0 bridgehead atoms. The molecule has 0 saturated carbocycles. The largest absolute Gasteiger partial charge is 0.486 e. The van der Waals surface area contributed by atoms with Crippen molar-refractivity contribution in [1.82, 2.24) is 9.97 Å². The van der Waals surface area contributed by atoms with Crippen molar-refractivity contribution in [3.05, 3.63) is 94.2 Å². The van der Waals surface area contributed by atoms with Crippen LogP contribution >= 0.6 is 15.9 Å². The lowest BCUT2D eigenvalue weighted by molar-refractivity contribution is -0.112. The standard InChI is InChI=1S/C24H17BrN4O2/c25-19-5-1-2-6-20(19)29-24(30)17(14-26)13-16-9-11-18(12-10-16)31-15-23-27-21-7-3-4-8-22(21)28-23/h1-13H,15H2,(H,27,28)(H,29,30)/b17-13+. The molecule has 2 N–H and O–H groups in total. The van der Waals surface area contributed by atoms with Gasteiger partial charge in [0.25, 0.3) is 5.91 Å². The van der Waals surface area contributed by atoms with Crippen LogP contribution in [-0.2, 0) is 11.4 Å². The van der Waals surface area contributed by atoms with Crippen LogP contribution in [0.1, 0.15) is 11.4 Å². The summed E-state index contributed by atoms with van der Waals surface area (Å²) in [5.41, 5.74) is 3.18. The highest BCUT2D eigenvalue weighted by molar-refractivity contribution is 9.10. The lowest BCUT2D eigenvalue weighted by Crippen LogP contribution is -2.13. The second kappa shape index (κ2) is 9.28. The molecule has 0 saturated heterocycles. The number of nitrogens with one attached hydrogen (secondary N) is 2. The molecule has 0 unspecified atom stereocenters. The number of H-pyrrole nitrogens is 1. The molecule has 0 aliphatic rings. The number of benzene rings is 3. The van der Waals surface area contributed by atoms with Crippen molar-refractivity contribution < 1.29 is 9.53 Å². The number of carbonyl (C=O) groups excluding carboxylic acids is 1. The molecule has 31 heavy (non-hydrogen) atoms. The molecule has 3 aromatic carbocycles. The van der Waals surface area contributed by atoms with E-state index in [0.29, 0.717) is 18.0 Å². The van der Waals surface area contributed by atoms with Crippen molar-refractivity contribution in [2.24, 2.45) is 0 Å². The van der Waals surface area contributed by atoms with Crippen LogP contribution in [-0.4, -0.2) is 15.9 Å². The Labute approximate surface area is 187 Å². The Morgan fingerprint density at radius 1 is 1.10 bits per heavy atom. The van der Waals surface area contributed by atoms with E-state index in [0.717, 1.165) is 26.9 Å². The lowest BCUT2D eigenvalue weighted by atomic mass is 10.1. The predicted molar refractivity (Wildman–Crippen MR) is 123 cm³/mol. The predicted octanol–water partition coefficient (Wildman–Crippen LogP) is 5.45. The van der Waals surface area contributed by atoms with Gasteiger partial charge in [-0.25, -0.2) is 4.98 Å². The highest BCUT2D eigenvalue weighted by Gasteiger charge is 2.11. The number of ether oxygens (including phenoxy) is 1. The van der Waals surface area contributed by atoms with Gasteiger partial charge in [-0.2, -0.15) is 5.26 Å². The van der Waals surface area contributed by atoms with Crippen LogP contribution in [0.4, 0.5) is 5.69 Å².